The van der Waals surface area contributed by atoms with Crippen LogP contribution in [0, 0.1) is 14.9 Å². The molecule has 0 amide bonds. The summed E-state index contributed by atoms with van der Waals surface area (Å²) in [6, 6.07) is 17.9. The molecule has 0 saturated carbocycles. The average Bonchev–Trinajstić information content (AvgIpc) is 2.38. The number of nitriles is 1. The van der Waals surface area contributed by atoms with Gasteiger partial charge < -0.3 is 5.32 Å². The summed E-state index contributed by atoms with van der Waals surface area (Å²) < 4.78 is 1.21. The van der Waals surface area contributed by atoms with Gasteiger partial charge in [0.1, 0.15) is 0 Å². The maximum absolute atomic E-state index is 8.71. The molecule has 0 spiro atoms. The van der Waals surface area contributed by atoms with Crippen molar-refractivity contribution in [2.24, 2.45) is 0 Å². The van der Waals surface area contributed by atoms with Gasteiger partial charge in [-0.05, 0) is 52.4 Å². The van der Waals surface area contributed by atoms with E-state index in [1.807, 2.05) is 36.4 Å². The lowest BCUT2D eigenvalue weighted by Crippen LogP contribution is -2.00. The molecule has 84 valence electrons. The van der Waals surface area contributed by atoms with E-state index < -0.39 is 0 Å². The van der Waals surface area contributed by atoms with Gasteiger partial charge in [0.15, 0.2) is 0 Å². The van der Waals surface area contributed by atoms with E-state index in [-0.39, 0.29) is 0 Å². The van der Waals surface area contributed by atoms with Gasteiger partial charge >= 0.3 is 0 Å². The summed E-state index contributed by atoms with van der Waals surface area (Å²) in [7, 11) is 0. The summed E-state index contributed by atoms with van der Waals surface area (Å²) in [6.45, 7) is 0.770. The Hall–Kier alpha value is -1.54. The summed E-state index contributed by atoms with van der Waals surface area (Å²) in [5, 5.41) is 12.1. The lowest BCUT2D eigenvalue weighted by atomic mass is 10.1. The maximum Gasteiger partial charge on any atom is 0.0991 e. The molecule has 17 heavy (non-hydrogen) atoms. The van der Waals surface area contributed by atoms with Crippen LogP contribution in [0.5, 0.6) is 0 Å². The van der Waals surface area contributed by atoms with E-state index in [2.05, 4.69) is 46.1 Å². The Labute approximate surface area is 114 Å². The third kappa shape index (κ3) is 3.21. The molecule has 1 N–H and O–H groups in total. The van der Waals surface area contributed by atoms with Crippen LogP contribution in [0.15, 0.2) is 48.5 Å². The molecule has 2 nitrogen and oxygen atoms in total. The Morgan fingerprint density at radius 2 is 1.76 bits per heavy atom. The first-order valence-corrected chi connectivity index (χ1v) is 6.35. The highest BCUT2D eigenvalue weighted by atomic mass is 127. The Balaban J connectivity index is 2.03. The second-order valence-corrected chi connectivity index (χ2v) is 4.80. The molecule has 0 fully saturated rings. The molecule has 0 radical (unpaired) electrons. The van der Waals surface area contributed by atoms with Gasteiger partial charge in [-0.1, -0.05) is 24.3 Å². The Kier molecular flexibility index (Phi) is 3.99. The zero-order valence-electron chi connectivity index (χ0n) is 9.15. The van der Waals surface area contributed by atoms with Crippen molar-refractivity contribution in [2.75, 3.05) is 5.32 Å². The molecule has 0 aliphatic carbocycles. The number of halogens is 1. The standard InChI is InChI=1S/C14H11IN2/c15-13-3-1-2-4-14(13)17-10-12-7-5-11(9-16)6-8-12/h1-8,17H,10H2. The van der Waals surface area contributed by atoms with Gasteiger partial charge in [-0.15, -0.1) is 0 Å². The van der Waals surface area contributed by atoms with E-state index in [1.54, 1.807) is 0 Å². The Morgan fingerprint density at radius 3 is 2.41 bits per heavy atom. The van der Waals surface area contributed by atoms with Crippen molar-refractivity contribution in [1.29, 1.82) is 5.26 Å². The van der Waals surface area contributed by atoms with Gasteiger partial charge in [0.05, 0.1) is 11.6 Å². The SMILES string of the molecule is N#Cc1ccc(CNc2ccccc2I)cc1. The summed E-state index contributed by atoms with van der Waals surface area (Å²) in [5.41, 5.74) is 3.00. The van der Waals surface area contributed by atoms with Crippen molar-refractivity contribution in [3.63, 3.8) is 0 Å². The number of benzene rings is 2. The second-order valence-electron chi connectivity index (χ2n) is 3.64. The highest BCUT2D eigenvalue weighted by molar-refractivity contribution is 14.1. The molecule has 0 bridgehead atoms. The first-order valence-electron chi connectivity index (χ1n) is 5.27. The number of hydrogen-bond acceptors (Lipinski definition) is 2. The second kappa shape index (κ2) is 5.69. The Bertz CT molecular complexity index is 541. The van der Waals surface area contributed by atoms with Crippen LogP contribution < -0.4 is 5.32 Å². The van der Waals surface area contributed by atoms with Crippen LogP contribution >= 0.6 is 22.6 Å². The third-order valence-corrected chi connectivity index (χ3v) is 3.38. The van der Waals surface area contributed by atoms with Crippen molar-refractivity contribution in [1.82, 2.24) is 0 Å². The van der Waals surface area contributed by atoms with E-state index in [9.17, 15) is 0 Å². The van der Waals surface area contributed by atoms with E-state index in [0.717, 1.165) is 12.2 Å². The summed E-state index contributed by atoms with van der Waals surface area (Å²) >= 11 is 2.31. The van der Waals surface area contributed by atoms with Crippen LogP contribution in [-0.4, -0.2) is 0 Å². The minimum absolute atomic E-state index is 0.697. The topological polar surface area (TPSA) is 35.8 Å². The summed E-state index contributed by atoms with van der Waals surface area (Å²) in [5.74, 6) is 0. The van der Waals surface area contributed by atoms with E-state index in [1.165, 1.54) is 9.13 Å². The lowest BCUT2D eigenvalue weighted by molar-refractivity contribution is 1.14. The molecule has 0 aliphatic heterocycles. The van der Waals surface area contributed by atoms with Crippen molar-refractivity contribution >= 4 is 28.3 Å². The molecule has 2 rings (SSSR count). The molecule has 0 heterocycles. The van der Waals surface area contributed by atoms with Gasteiger partial charge in [-0.2, -0.15) is 5.26 Å². The predicted octanol–water partition coefficient (Wildman–Crippen LogP) is 3.77. The van der Waals surface area contributed by atoms with Crippen molar-refractivity contribution in [2.45, 2.75) is 6.54 Å². The zero-order valence-corrected chi connectivity index (χ0v) is 11.3. The minimum atomic E-state index is 0.697. The lowest BCUT2D eigenvalue weighted by Gasteiger charge is -2.08. The van der Waals surface area contributed by atoms with Crippen molar-refractivity contribution in [3.8, 4) is 6.07 Å². The van der Waals surface area contributed by atoms with E-state index in [4.69, 9.17) is 5.26 Å². The van der Waals surface area contributed by atoms with Crippen LogP contribution in [0.4, 0.5) is 5.69 Å². The van der Waals surface area contributed by atoms with Gasteiger partial charge in [-0.25, -0.2) is 0 Å². The summed E-state index contributed by atoms with van der Waals surface area (Å²) in [6.07, 6.45) is 0. The molecule has 2 aromatic rings. The van der Waals surface area contributed by atoms with Gasteiger partial charge in [0.25, 0.3) is 0 Å². The van der Waals surface area contributed by atoms with Gasteiger partial charge in [0, 0.05) is 15.8 Å². The molecule has 0 saturated heterocycles. The molecule has 3 heteroatoms. The molecular weight excluding hydrogens is 323 g/mol. The van der Waals surface area contributed by atoms with Gasteiger partial charge in [0.2, 0.25) is 0 Å². The molecule has 0 aromatic heterocycles. The fourth-order valence-corrected chi connectivity index (χ4v) is 2.08. The fourth-order valence-electron chi connectivity index (χ4n) is 1.50. The molecular formula is C14H11IN2. The number of para-hydroxylation sites is 1. The predicted molar refractivity (Wildman–Crippen MR) is 77.6 cm³/mol. The van der Waals surface area contributed by atoms with Crippen LogP contribution in [0.25, 0.3) is 0 Å². The smallest absolute Gasteiger partial charge is 0.0991 e. The monoisotopic (exact) mass is 334 g/mol. The zero-order chi connectivity index (χ0) is 12.1. The minimum Gasteiger partial charge on any atom is -0.380 e. The highest BCUT2D eigenvalue weighted by Gasteiger charge is 1.98. The first kappa shape index (κ1) is 11.9. The average molecular weight is 334 g/mol. The molecule has 0 unspecified atom stereocenters. The van der Waals surface area contributed by atoms with E-state index in [0.29, 0.717) is 5.56 Å². The number of rotatable bonds is 3. The van der Waals surface area contributed by atoms with Crippen LogP contribution in [0.3, 0.4) is 0 Å². The van der Waals surface area contributed by atoms with Gasteiger partial charge in [-0.3, -0.25) is 0 Å². The maximum atomic E-state index is 8.71. The van der Waals surface area contributed by atoms with Crippen LogP contribution in [0.1, 0.15) is 11.1 Å². The third-order valence-electron chi connectivity index (χ3n) is 2.44. The van der Waals surface area contributed by atoms with E-state index >= 15 is 0 Å². The quantitative estimate of drug-likeness (QED) is 0.868. The van der Waals surface area contributed by atoms with Crippen LogP contribution in [-0.2, 0) is 6.54 Å². The molecule has 0 atom stereocenters. The largest absolute Gasteiger partial charge is 0.380 e. The van der Waals surface area contributed by atoms with Crippen molar-refractivity contribution < 1.29 is 0 Å². The highest BCUT2D eigenvalue weighted by Crippen LogP contribution is 2.17. The normalized spacial score (nSPS) is 9.65. The van der Waals surface area contributed by atoms with Crippen molar-refractivity contribution in [3.05, 3.63) is 63.2 Å². The fraction of sp³-hybridized carbons (Fsp3) is 0.0714. The summed E-state index contributed by atoms with van der Waals surface area (Å²) in [4.78, 5) is 0. The number of nitrogens with one attached hydrogen (secondary N) is 1. The number of anilines is 1. The first-order chi connectivity index (χ1) is 8.29. The van der Waals surface area contributed by atoms with Crippen LogP contribution in [0.2, 0.25) is 0 Å². The molecule has 0 aliphatic rings. The molecule has 2 aromatic carbocycles. The number of nitrogens with zero attached hydrogens (tertiary/aromatic N) is 1. The number of hydrogen-bond donors (Lipinski definition) is 1. The Morgan fingerprint density at radius 1 is 1.06 bits per heavy atom.